The fourth-order valence-electron chi connectivity index (χ4n) is 2.13. The summed E-state index contributed by atoms with van der Waals surface area (Å²) in [5.41, 5.74) is 3.80. The molecule has 1 aliphatic heterocycles. The summed E-state index contributed by atoms with van der Waals surface area (Å²) >= 11 is 0. The van der Waals surface area contributed by atoms with E-state index in [0.29, 0.717) is 0 Å². The van der Waals surface area contributed by atoms with Crippen LogP contribution in [0.4, 0.5) is 0 Å². The van der Waals surface area contributed by atoms with Gasteiger partial charge in [-0.3, -0.25) is 0 Å². The van der Waals surface area contributed by atoms with E-state index < -0.39 is 0 Å². The van der Waals surface area contributed by atoms with Crippen molar-refractivity contribution in [2.75, 3.05) is 0 Å². The molecule has 2 aromatic carbocycles. The molecule has 0 fully saturated rings. The Morgan fingerprint density at radius 2 is 1.71 bits per heavy atom. The van der Waals surface area contributed by atoms with Gasteiger partial charge in [-0.2, -0.15) is 0 Å². The Balaban J connectivity index is 1.82. The Kier molecular flexibility index (Phi) is 2.80. The summed E-state index contributed by atoms with van der Waals surface area (Å²) in [7, 11) is 0. The molecule has 2 aromatic rings. The molecule has 0 atom stereocenters. The van der Waals surface area contributed by atoms with Gasteiger partial charge in [0.1, 0.15) is 0 Å². The molecule has 0 saturated carbocycles. The maximum Gasteiger partial charge on any atom is 0.354 e. The van der Waals surface area contributed by atoms with Crippen LogP contribution in [-0.4, -0.2) is 6.92 Å². The molecule has 0 unspecified atom stereocenters. The highest BCUT2D eigenvalue weighted by Gasteiger charge is 2.24. The Labute approximate surface area is 102 Å². The summed E-state index contributed by atoms with van der Waals surface area (Å²) in [5, 5.41) is 0. The predicted octanol–water partition coefficient (Wildman–Crippen LogP) is 2.67. The molecule has 0 radical (unpaired) electrons. The molecule has 0 aliphatic carbocycles. The minimum Gasteiger partial charge on any atom is -0.423 e. The second-order valence-electron chi connectivity index (χ2n) is 4.20. The SMILES string of the molecule is C(=Cc1ccccc1)B1OCc2ccccc21. The highest BCUT2D eigenvalue weighted by Crippen LogP contribution is 2.12. The molecule has 0 bridgehead atoms. The molecular weight excluding hydrogens is 207 g/mol. The summed E-state index contributed by atoms with van der Waals surface area (Å²) in [6, 6.07) is 18.7. The van der Waals surface area contributed by atoms with Crippen LogP contribution in [0.2, 0.25) is 0 Å². The first-order valence-corrected chi connectivity index (χ1v) is 5.86. The van der Waals surface area contributed by atoms with Gasteiger partial charge in [-0.05, 0) is 16.6 Å². The van der Waals surface area contributed by atoms with Gasteiger partial charge < -0.3 is 4.65 Å². The molecule has 0 N–H and O–H groups in total. The lowest BCUT2D eigenvalue weighted by Gasteiger charge is -2.00. The van der Waals surface area contributed by atoms with E-state index in [9.17, 15) is 0 Å². The minimum atomic E-state index is 0.103. The molecule has 0 aromatic heterocycles. The second-order valence-corrected chi connectivity index (χ2v) is 4.20. The molecule has 2 heteroatoms. The van der Waals surface area contributed by atoms with Crippen molar-refractivity contribution < 1.29 is 4.65 Å². The first-order valence-electron chi connectivity index (χ1n) is 5.86. The van der Waals surface area contributed by atoms with Gasteiger partial charge in [-0.15, -0.1) is 0 Å². The largest absolute Gasteiger partial charge is 0.423 e. The average molecular weight is 220 g/mol. The van der Waals surface area contributed by atoms with Gasteiger partial charge in [0.2, 0.25) is 0 Å². The third-order valence-corrected chi connectivity index (χ3v) is 3.04. The number of fused-ring (bicyclic) bond motifs is 1. The van der Waals surface area contributed by atoms with Crippen molar-refractivity contribution in [1.82, 2.24) is 0 Å². The van der Waals surface area contributed by atoms with E-state index in [1.165, 1.54) is 16.6 Å². The summed E-state index contributed by atoms with van der Waals surface area (Å²) in [6.07, 6.45) is 2.12. The van der Waals surface area contributed by atoms with Crippen molar-refractivity contribution in [2.24, 2.45) is 0 Å². The maximum atomic E-state index is 5.76. The monoisotopic (exact) mass is 220 g/mol. The Morgan fingerprint density at radius 1 is 0.941 bits per heavy atom. The fraction of sp³-hybridized carbons (Fsp3) is 0.0667. The first kappa shape index (κ1) is 10.4. The molecule has 3 rings (SSSR count). The third kappa shape index (κ3) is 2.17. The minimum absolute atomic E-state index is 0.103. The molecule has 1 heterocycles. The zero-order chi connectivity index (χ0) is 11.5. The standard InChI is InChI=1S/C15H13BO/c1-2-6-13(7-3-1)10-11-16-15-9-5-4-8-14(15)12-17-16/h1-11H,12H2. The zero-order valence-corrected chi connectivity index (χ0v) is 9.54. The zero-order valence-electron chi connectivity index (χ0n) is 9.54. The van der Waals surface area contributed by atoms with Crippen molar-refractivity contribution in [3.05, 3.63) is 71.7 Å². The summed E-state index contributed by atoms with van der Waals surface area (Å²) in [6.45, 7) is 0.825. The van der Waals surface area contributed by atoms with Crippen LogP contribution in [-0.2, 0) is 11.3 Å². The van der Waals surface area contributed by atoms with Gasteiger partial charge in [0.15, 0.2) is 0 Å². The number of hydrogen-bond acceptors (Lipinski definition) is 1. The molecule has 1 aliphatic rings. The van der Waals surface area contributed by atoms with Gasteiger partial charge in [-0.1, -0.05) is 66.6 Å². The topological polar surface area (TPSA) is 9.23 Å². The first-order chi connectivity index (χ1) is 8.43. The molecule has 0 amide bonds. The van der Waals surface area contributed by atoms with Crippen LogP contribution >= 0.6 is 0 Å². The molecular formula is C15H13BO. The Morgan fingerprint density at radius 3 is 2.59 bits per heavy atom. The van der Waals surface area contributed by atoms with Crippen LogP contribution < -0.4 is 5.46 Å². The van der Waals surface area contributed by atoms with Crippen molar-refractivity contribution in [3.8, 4) is 0 Å². The lowest BCUT2D eigenvalue weighted by molar-refractivity contribution is 0.336. The number of benzene rings is 2. The van der Waals surface area contributed by atoms with Gasteiger partial charge in [-0.25, -0.2) is 0 Å². The molecule has 1 nitrogen and oxygen atoms in total. The van der Waals surface area contributed by atoms with Crippen LogP contribution in [0.1, 0.15) is 11.1 Å². The van der Waals surface area contributed by atoms with Gasteiger partial charge in [0.05, 0.1) is 6.61 Å². The van der Waals surface area contributed by atoms with Crippen LogP contribution in [0.3, 0.4) is 0 Å². The summed E-state index contributed by atoms with van der Waals surface area (Å²) < 4.78 is 5.76. The highest BCUT2D eigenvalue weighted by molar-refractivity contribution is 6.74. The van der Waals surface area contributed by atoms with Crippen molar-refractivity contribution in [1.29, 1.82) is 0 Å². The van der Waals surface area contributed by atoms with E-state index in [0.717, 1.165) is 6.61 Å². The summed E-state index contributed by atoms with van der Waals surface area (Å²) in [4.78, 5) is 0. The number of rotatable bonds is 2. The van der Waals surface area contributed by atoms with Crippen LogP contribution in [0.5, 0.6) is 0 Å². The van der Waals surface area contributed by atoms with Gasteiger partial charge >= 0.3 is 6.92 Å². The Hall–Kier alpha value is -1.80. The molecule has 82 valence electrons. The summed E-state index contributed by atoms with van der Waals surface area (Å²) in [5.74, 6) is 2.13. The molecule has 0 saturated heterocycles. The lowest BCUT2D eigenvalue weighted by atomic mass is 9.61. The van der Waals surface area contributed by atoms with E-state index >= 15 is 0 Å². The van der Waals surface area contributed by atoms with Gasteiger partial charge in [0, 0.05) is 0 Å². The smallest absolute Gasteiger partial charge is 0.354 e. The van der Waals surface area contributed by atoms with Gasteiger partial charge in [0.25, 0.3) is 0 Å². The Bertz CT molecular complexity index is 534. The van der Waals surface area contributed by atoms with Crippen LogP contribution in [0, 0.1) is 0 Å². The highest BCUT2D eigenvalue weighted by atomic mass is 16.4. The van der Waals surface area contributed by atoms with Crippen molar-refractivity contribution in [2.45, 2.75) is 6.61 Å². The van der Waals surface area contributed by atoms with Crippen LogP contribution in [0.25, 0.3) is 6.08 Å². The van der Waals surface area contributed by atoms with Crippen LogP contribution in [0.15, 0.2) is 60.6 Å². The molecule has 17 heavy (non-hydrogen) atoms. The molecule has 0 spiro atoms. The van der Waals surface area contributed by atoms with E-state index in [-0.39, 0.29) is 6.92 Å². The van der Waals surface area contributed by atoms with E-state index in [2.05, 4.69) is 48.4 Å². The second kappa shape index (κ2) is 4.60. The maximum absolute atomic E-state index is 5.76. The fourth-order valence-corrected chi connectivity index (χ4v) is 2.13. The lowest BCUT2D eigenvalue weighted by Crippen LogP contribution is -2.25. The quantitative estimate of drug-likeness (QED) is 0.707. The third-order valence-electron chi connectivity index (χ3n) is 3.04. The van der Waals surface area contributed by atoms with E-state index in [4.69, 9.17) is 4.65 Å². The predicted molar refractivity (Wildman–Crippen MR) is 72.1 cm³/mol. The normalized spacial score (nSPS) is 14.2. The van der Waals surface area contributed by atoms with E-state index in [1.807, 2.05) is 18.2 Å². The van der Waals surface area contributed by atoms with Crippen molar-refractivity contribution >= 4 is 18.5 Å². The van der Waals surface area contributed by atoms with Crippen molar-refractivity contribution in [3.63, 3.8) is 0 Å². The van der Waals surface area contributed by atoms with E-state index in [1.54, 1.807) is 0 Å². The average Bonchev–Trinajstić information content (AvgIpc) is 2.81. The number of hydrogen-bond donors (Lipinski definition) is 0.